The first-order chi connectivity index (χ1) is 10.6. The van der Waals surface area contributed by atoms with Gasteiger partial charge in [0.15, 0.2) is 0 Å². The summed E-state index contributed by atoms with van der Waals surface area (Å²) >= 11 is 0. The number of piperazine rings is 1. The lowest BCUT2D eigenvalue weighted by Gasteiger charge is -2.44. The van der Waals surface area contributed by atoms with E-state index in [4.69, 9.17) is 10.5 Å². The number of hydrogen-bond acceptors (Lipinski definition) is 5. The molecule has 1 saturated heterocycles. The molecule has 0 saturated carbocycles. The van der Waals surface area contributed by atoms with Crippen LogP contribution in [0.4, 0.5) is 0 Å². The Labute approximate surface area is 143 Å². The van der Waals surface area contributed by atoms with Crippen LogP contribution in [0.3, 0.4) is 0 Å². The summed E-state index contributed by atoms with van der Waals surface area (Å²) in [5, 5.41) is 0. The third kappa shape index (κ3) is 4.67. The molecule has 128 valence electrons. The first kappa shape index (κ1) is 19.4. The highest BCUT2D eigenvalue weighted by Crippen LogP contribution is 2.19. The second-order valence-electron chi connectivity index (χ2n) is 5.57. The Kier molecular flexibility index (Phi) is 7.48. The largest absolute Gasteiger partial charge is 0.467 e. The highest BCUT2D eigenvalue weighted by atomic mass is 35.5. The first-order valence-electron chi connectivity index (χ1n) is 7.42. The Balaban J connectivity index is 0.00000264. The molecule has 7 heteroatoms. The van der Waals surface area contributed by atoms with Gasteiger partial charge in [-0.15, -0.1) is 12.4 Å². The molecule has 0 aromatic heterocycles. The van der Waals surface area contributed by atoms with Gasteiger partial charge in [0.1, 0.15) is 6.04 Å². The fourth-order valence-corrected chi connectivity index (χ4v) is 3.00. The molecule has 6 nitrogen and oxygen atoms in total. The van der Waals surface area contributed by atoms with Gasteiger partial charge in [0.05, 0.1) is 13.7 Å². The SMILES string of the molecule is COC(=O)C1CN(Cc2ccccc2)CC(C)N1C(=O)CN.Cl. The number of rotatable bonds is 4. The smallest absolute Gasteiger partial charge is 0.329 e. The average Bonchev–Trinajstić information content (AvgIpc) is 2.53. The summed E-state index contributed by atoms with van der Waals surface area (Å²) in [7, 11) is 1.34. The molecule has 23 heavy (non-hydrogen) atoms. The number of ether oxygens (including phenoxy) is 1. The van der Waals surface area contributed by atoms with Crippen LogP contribution in [0.15, 0.2) is 30.3 Å². The number of esters is 1. The van der Waals surface area contributed by atoms with Gasteiger partial charge in [-0.3, -0.25) is 9.69 Å². The number of halogens is 1. The van der Waals surface area contributed by atoms with E-state index in [1.54, 1.807) is 4.90 Å². The predicted molar refractivity (Wildman–Crippen MR) is 90.1 cm³/mol. The maximum absolute atomic E-state index is 12.1. The van der Waals surface area contributed by atoms with Gasteiger partial charge in [-0.05, 0) is 12.5 Å². The van der Waals surface area contributed by atoms with Crippen molar-refractivity contribution in [3.05, 3.63) is 35.9 Å². The van der Waals surface area contributed by atoms with E-state index in [-0.39, 0.29) is 30.9 Å². The van der Waals surface area contributed by atoms with E-state index >= 15 is 0 Å². The van der Waals surface area contributed by atoms with Gasteiger partial charge in [0, 0.05) is 25.7 Å². The summed E-state index contributed by atoms with van der Waals surface area (Å²) in [6.07, 6.45) is 0. The summed E-state index contributed by atoms with van der Waals surface area (Å²) in [6, 6.07) is 9.37. The fourth-order valence-electron chi connectivity index (χ4n) is 3.00. The van der Waals surface area contributed by atoms with Crippen molar-refractivity contribution in [3.8, 4) is 0 Å². The number of nitrogens with two attached hydrogens (primary N) is 1. The maximum Gasteiger partial charge on any atom is 0.329 e. The van der Waals surface area contributed by atoms with Gasteiger partial charge in [0.2, 0.25) is 5.91 Å². The van der Waals surface area contributed by atoms with Crippen molar-refractivity contribution in [1.29, 1.82) is 0 Å². The van der Waals surface area contributed by atoms with E-state index in [2.05, 4.69) is 17.0 Å². The van der Waals surface area contributed by atoms with Crippen molar-refractivity contribution in [1.82, 2.24) is 9.80 Å². The highest BCUT2D eigenvalue weighted by molar-refractivity contribution is 5.86. The number of amides is 1. The molecule has 0 spiro atoms. The number of carbonyl (C=O) groups is 2. The van der Waals surface area contributed by atoms with Crippen LogP contribution in [0.5, 0.6) is 0 Å². The van der Waals surface area contributed by atoms with Crippen LogP contribution in [0, 0.1) is 0 Å². The monoisotopic (exact) mass is 341 g/mol. The second-order valence-corrected chi connectivity index (χ2v) is 5.57. The quantitative estimate of drug-likeness (QED) is 0.813. The lowest BCUT2D eigenvalue weighted by molar-refractivity contribution is -0.158. The molecule has 2 rings (SSSR count). The first-order valence-corrected chi connectivity index (χ1v) is 7.42. The van der Waals surface area contributed by atoms with Crippen LogP contribution >= 0.6 is 12.4 Å². The van der Waals surface area contributed by atoms with Gasteiger partial charge >= 0.3 is 5.97 Å². The van der Waals surface area contributed by atoms with Crippen LogP contribution < -0.4 is 5.73 Å². The summed E-state index contributed by atoms with van der Waals surface area (Å²) < 4.78 is 4.86. The van der Waals surface area contributed by atoms with Crippen molar-refractivity contribution in [2.75, 3.05) is 26.7 Å². The van der Waals surface area contributed by atoms with E-state index in [0.717, 1.165) is 6.54 Å². The molecule has 1 aliphatic heterocycles. The summed E-state index contributed by atoms with van der Waals surface area (Å²) in [5.74, 6) is -0.617. The van der Waals surface area contributed by atoms with E-state index in [1.165, 1.54) is 12.7 Å². The van der Waals surface area contributed by atoms with E-state index in [1.807, 2.05) is 25.1 Å². The molecule has 1 aromatic rings. The van der Waals surface area contributed by atoms with Crippen molar-refractivity contribution in [2.45, 2.75) is 25.6 Å². The molecule has 1 aromatic carbocycles. The summed E-state index contributed by atoms with van der Waals surface area (Å²) in [4.78, 5) is 27.8. The second kappa shape index (κ2) is 8.86. The zero-order valence-electron chi connectivity index (χ0n) is 13.5. The minimum Gasteiger partial charge on any atom is -0.467 e. The molecule has 2 N–H and O–H groups in total. The number of carbonyl (C=O) groups excluding carboxylic acids is 2. The molecule has 2 atom stereocenters. The van der Waals surface area contributed by atoms with Crippen LogP contribution in [0.25, 0.3) is 0 Å². The molecular formula is C16H24ClN3O3. The minimum absolute atomic E-state index is 0. The molecule has 0 aliphatic carbocycles. The zero-order chi connectivity index (χ0) is 16.1. The average molecular weight is 342 g/mol. The van der Waals surface area contributed by atoms with Crippen LogP contribution in [-0.2, 0) is 20.9 Å². The topological polar surface area (TPSA) is 75.9 Å². The normalized spacial score (nSPS) is 21.4. The number of nitrogens with zero attached hydrogens (tertiary/aromatic N) is 2. The number of benzene rings is 1. The van der Waals surface area contributed by atoms with Crippen molar-refractivity contribution in [3.63, 3.8) is 0 Å². The summed E-state index contributed by atoms with van der Waals surface area (Å²) in [5.41, 5.74) is 6.65. The van der Waals surface area contributed by atoms with Gasteiger partial charge < -0.3 is 15.4 Å². The molecule has 0 bridgehead atoms. The van der Waals surface area contributed by atoms with Gasteiger partial charge in [-0.2, -0.15) is 0 Å². The molecule has 1 amide bonds. The Morgan fingerprint density at radius 3 is 2.48 bits per heavy atom. The summed E-state index contributed by atoms with van der Waals surface area (Å²) in [6.45, 7) is 3.73. The lowest BCUT2D eigenvalue weighted by Crippen LogP contribution is -2.63. The van der Waals surface area contributed by atoms with E-state index in [0.29, 0.717) is 13.1 Å². The Bertz CT molecular complexity index is 527. The Morgan fingerprint density at radius 2 is 1.91 bits per heavy atom. The highest BCUT2D eigenvalue weighted by Gasteiger charge is 2.39. The molecule has 1 fully saturated rings. The third-order valence-corrected chi connectivity index (χ3v) is 3.95. The van der Waals surface area contributed by atoms with Gasteiger partial charge in [-0.1, -0.05) is 30.3 Å². The van der Waals surface area contributed by atoms with Crippen LogP contribution in [-0.4, -0.2) is 60.5 Å². The van der Waals surface area contributed by atoms with E-state index < -0.39 is 12.0 Å². The molecule has 1 heterocycles. The van der Waals surface area contributed by atoms with Gasteiger partial charge in [-0.25, -0.2) is 4.79 Å². The minimum atomic E-state index is -0.603. The molecule has 1 aliphatic rings. The Morgan fingerprint density at radius 1 is 1.26 bits per heavy atom. The Hall–Kier alpha value is -1.63. The standard InChI is InChI=1S/C16H23N3O3.ClH/c1-12-9-18(10-13-6-4-3-5-7-13)11-14(16(21)22-2)19(12)15(20)8-17;/h3-7,12,14H,8-11,17H2,1-2H3;1H. The van der Waals surface area contributed by atoms with Crippen molar-refractivity contribution in [2.24, 2.45) is 5.73 Å². The lowest BCUT2D eigenvalue weighted by atomic mass is 10.1. The molecule has 0 radical (unpaired) electrons. The number of hydrogen-bond donors (Lipinski definition) is 1. The molecular weight excluding hydrogens is 318 g/mol. The van der Waals surface area contributed by atoms with Crippen LogP contribution in [0.1, 0.15) is 12.5 Å². The van der Waals surface area contributed by atoms with E-state index in [9.17, 15) is 9.59 Å². The van der Waals surface area contributed by atoms with Gasteiger partial charge in [0.25, 0.3) is 0 Å². The fraction of sp³-hybridized carbons (Fsp3) is 0.500. The van der Waals surface area contributed by atoms with Crippen molar-refractivity contribution >= 4 is 24.3 Å². The maximum atomic E-state index is 12.1. The number of methoxy groups -OCH3 is 1. The third-order valence-electron chi connectivity index (χ3n) is 3.95. The van der Waals surface area contributed by atoms with Crippen molar-refractivity contribution < 1.29 is 14.3 Å². The molecule has 2 unspecified atom stereocenters. The predicted octanol–water partition coefficient (Wildman–Crippen LogP) is 0.641. The zero-order valence-corrected chi connectivity index (χ0v) is 14.3. The van der Waals surface area contributed by atoms with Crippen LogP contribution in [0.2, 0.25) is 0 Å².